The molecular weight excluding hydrogens is 230 g/mol. The maximum atomic E-state index is 12.1. The second kappa shape index (κ2) is 6.41. The van der Waals surface area contributed by atoms with E-state index in [2.05, 4.69) is 6.92 Å². The van der Waals surface area contributed by atoms with E-state index >= 15 is 0 Å². The van der Waals surface area contributed by atoms with Crippen molar-refractivity contribution in [1.29, 1.82) is 0 Å². The molecule has 0 bridgehead atoms. The number of rotatable bonds is 4. The molecule has 4 nitrogen and oxygen atoms in total. The molecule has 2 atom stereocenters. The second-order valence-corrected chi connectivity index (χ2v) is 5.95. The van der Waals surface area contributed by atoms with Gasteiger partial charge in [-0.15, -0.1) is 0 Å². The largest absolute Gasteiger partial charge is 0.444 e. The minimum Gasteiger partial charge on any atom is -0.444 e. The highest BCUT2D eigenvalue weighted by Crippen LogP contribution is 2.26. The lowest BCUT2D eigenvalue weighted by Gasteiger charge is -2.32. The fourth-order valence-electron chi connectivity index (χ4n) is 2.48. The normalized spacial score (nSPS) is 22.1. The van der Waals surface area contributed by atoms with Crippen LogP contribution in [0.25, 0.3) is 0 Å². The molecule has 1 amide bonds. The summed E-state index contributed by atoms with van der Waals surface area (Å²) in [5.41, 5.74) is -0.433. The molecule has 1 heterocycles. The van der Waals surface area contributed by atoms with Crippen molar-refractivity contribution in [2.45, 2.75) is 71.1 Å². The summed E-state index contributed by atoms with van der Waals surface area (Å²) < 4.78 is 11.0. The van der Waals surface area contributed by atoms with Gasteiger partial charge in [0.2, 0.25) is 0 Å². The Labute approximate surface area is 111 Å². The summed E-state index contributed by atoms with van der Waals surface area (Å²) in [6.07, 6.45) is 4.02. The first-order valence-corrected chi connectivity index (χ1v) is 6.91. The van der Waals surface area contributed by atoms with Crippen LogP contribution in [0, 0.1) is 0 Å². The van der Waals surface area contributed by atoms with Crippen LogP contribution >= 0.6 is 0 Å². The topological polar surface area (TPSA) is 38.8 Å². The Morgan fingerprint density at radius 2 is 2.11 bits per heavy atom. The smallest absolute Gasteiger partial charge is 0.410 e. The number of likely N-dealkylation sites (tertiary alicyclic amines) is 1. The highest BCUT2D eigenvalue weighted by Gasteiger charge is 2.36. The van der Waals surface area contributed by atoms with Crippen molar-refractivity contribution in [1.82, 2.24) is 4.90 Å². The summed E-state index contributed by atoms with van der Waals surface area (Å²) in [6.45, 7) is 8.61. The predicted octanol–water partition coefficient (Wildman–Crippen LogP) is 3.20. The van der Waals surface area contributed by atoms with E-state index in [9.17, 15) is 4.79 Å². The van der Waals surface area contributed by atoms with Crippen molar-refractivity contribution in [2.75, 3.05) is 13.7 Å². The van der Waals surface area contributed by atoms with Crippen LogP contribution in [-0.4, -0.2) is 42.4 Å². The van der Waals surface area contributed by atoms with Crippen LogP contribution in [0.2, 0.25) is 0 Å². The van der Waals surface area contributed by atoms with Crippen LogP contribution in [0.1, 0.15) is 53.4 Å². The molecule has 0 spiro atoms. The van der Waals surface area contributed by atoms with Crippen LogP contribution < -0.4 is 0 Å². The minimum absolute atomic E-state index is 0.130. The molecule has 1 saturated heterocycles. The summed E-state index contributed by atoms with van der Waals surface area (Å²) in [4.78, 5) is 14.0. The summed E-state index contributed by atoms with van der Waals surface area (Å²) >= 11 is 0. The van der Waals surface area contributed by atoms with Gasteiger partial charge in [0, 0.05) is 13.7 Å². The SMILES string of the molecule is CCCC(OC)[C@@H]1CCCN1C(=O)OC(C)(C)C. The molecule has 4 heteroatoms. The summed E-state index contributed by atoms with van der Waals surface area (Å²) in [6, 6.07) is 0.171. The Hall–Kier alpha value is -0.770. The molecule has 0 aromatic rings. The fourth-order valence-corrected chi connectivity index (χ4v) is 2.48. The molecule has 1 aliphatic heterocycles. The Balaban J connectivity index is 2.66. The van der Waals surface area contributed by atoms with Gasteiger partial charge in [0.25, 0.3) is 0 Å². The highest BCUT2D eigenvalue weighted by atomic mass is 16.6. The van der Waals surface area contributed by atoms with Crippen molar-refractivity contribution in [3.8, 4) is 0 Å². The molecule has 0 N–H and O–H groups in total. The van der Waals surface area contributed by atoms with Gasteiger partial charge in [0.1, 0.15) is 5.60 Å². The summed E-state index contributed by atoms with van der Waals surface area (Å²) in [5.74, 6) is 0. The van der Waals surface area contributed by atoms with Gasteiger partial charge >= 0.3 is 6.09 Å². The average molecular weight is 257 g/mol. The zero-order valence-electron chi connectivity index (χ0n) is 12.4. The van der Waals surface area contributed by atoms with Crippen LogP contribution in [-0.2, 0) is 9.47 Å². The first-order valence-electron chi connectivity index (χ1n) is 6.91. The number of nitrogens with zero attached hydrogens (tertiary/aromatic N) is 1. The van der Waals surface area contributed by atoms with E-state index in [1.807, 2.05) is 25.7 Å². The van der Waals surface area contributed by atoms with Gasteiger partial charge in [-0.2, -0.15) is 0 Å². The van der Waals surface area contributed by atoms with Gasteiger partial charge in [-0.25, -0.2) is 4.79 Å². The van der Waals surface area contributed by atoms with Gasteiger partial charge < -0.3 is 14.4 Å². The van der Waals surface area contributed by atoms with Crippen LogP contribution in [0.3, 0.4) is 0 Å². The second-order valence-electron chi connectivity index (χ2n) is 5.95. The fraction of sp³-hybridized carbons (Fsp3) is 0.929. The Morgan fingerprint density at radius 1 is 1.44 bits per heavy atom. The molecule has 0 aromatic carbocycles. The predicted molar refractivity (Wildman–Crippen MR) is 71.7 cm³/mol. The quantitative estimate of drug-likeness (QED) is 0.776. The number of carbonyl (C=O) groups excluding carboxylic acids is 1. The molecule has 106 valence electrons. The lowest BCUT2D eigenvalue weighted by atomic mass is 10.0. The van der Waals surface area contributed by atoms with Crippen LogP contribution in [0.15, 0.2) is 0 Å². The zero-order valence-corrected chi connectivity index (χ0v) is 12.4. The van der Waals surface area contributed by atoms with E-state index in [-0.39, 0.29) is 18.2 Å². The average Bonchev–Trinajstić information content (AvgIpc) is 2.72. The maximum absolute atomic E-state index is 12.1. The molecule has 1 aliphatic rings. The van der Waals surface area contributed by atoms with E-state index in [0.717, 1.165) is 32.2 Å². The zero-order chi connectivity index (χ0) is 13.8. The molecule has 0 saturated carbocycles. The molecule has 1 rings (SSSR count). The molecule has 18 heavy (non-hydrogen) atoms. The van der Waals surface area contributed by atoms with E-state index < -0.39 is 5.60 Å². The van der Waals surface area contributed by atoms with Crippen molar-refractivity contribution < 1.29 is 14.3 Å². The lowest BCUT2D eigenvalue weighted by Crippen LogP contribution is -2.45. The Kier molecular flexibility index (Phi) is 5.45. The molecule has 0 aromatic heterocycles. The van der Waals surface area contributed by atoms with E-state index in [0.29, 0.717) is 0 Å². The van der Waals surface area contributed by atoms with Crippen molar-refractivity contribution in [3.05, 3.63) is 0 Å². The van der Waals surface area contributed by atoms with E-state index in [1.165, 1.54) is 0 Å². The first-order chi connectivity index (χ1) is 8.39. The van der Waals surface area contributed by atoms with Crippen molar-refractivity contribution in [2.24, 2.45) is 0 Å². The molecule has 1 fully saturated rings. The molecule has 0 radical (unpaired) electrons. The van der Waals surface area contributed by atoms with Gasteiger partial charge in [-0.05, 0) is 40.0 Å². The monoisotopic (exact) mass is 257 g/mol. The lowest BCUT2D eigenvalue weighted by molar-refractivity contribution is -0.00752. The number of amides is 1. The highest BCUT2D eigenvalue weighted by molar-refractivity contribution is 5.69. The van der Waals surface area contributed by atoms with Gasteiger partial charge in [-0.1, -0.05) is 13.3 Å². The van der Waals surface area contributed by atoms with Crippen molar-refractivity contribution in [3.63, 3.8) is 0 Å². The van der Waals surface area contributed by atoms with E-state index in [1.54, 1.807) is 7.11 Å². The number of ether oxygens (including phenoxy) is 2. The third-order valence-corrected chi connectivity index (χ3v) is 3.23. The van der Waals surface area contributed by atoms with Crippen LogP contribution in [0.4, 0.5) is 4.79 Å². The van der Waals surface area contributed by atoms with Gasteiger partial charge in [0.05, 0.1) is 12.1 Å². The Morgan fingerprint density at radius 3 is 2.61 bits per heavy atom. The molecule has 0 aliphatic carbocycles. The first kappa shape index (κ1) is 15.3. The van der Waals surface area contributed by atoms with Crippen molar-refractivity contribution >= 4 is 6.09 Å². The molecule has 1 unspecified atom stereocenters. The third kappa shape index (κ3) is 4.16. The molecular formula is C14H27NO3. The number of hydrogen-bond donors (Lipinski definition) is 0. The van der Waals surface area contributed by atoms with Gasteiger partial charge in [-0.3, -0.25) is 0 Å². The standard InChI is InChI=1S/C14H27NO3/c1-6-8-12(17-5)11-9-7-10-15(11)13(16)18-14(2,3)4/h11-12H,6-10H2,1-5H3/t11-,12?/m0/s1. The number of hydrogen-bond acceptors (Lipinski definition) is 3. The Bertz CT molecular complexity index is 273. The minimum atomic E-state index is -0.433. The van der Waals surface area contributed by atoms with Crippen LogP contribution in [0.5, 0.6) is 0 Å². The number of methoxy groups -OCH3 is 1. The van der Waals surface area contributed by atoms with E-state index in [4.69, 9.17) is 9.47 Å². The number of carbonyl (C=O) groups is 1. The maximum Gasteiger partial charge on any atom is 0.410 e. The summed E-state index contributed by atoms with van der Waals surface area (Å²) in [7, 11) is 1.73. The summed E-state index contributed by atoms with van der Waals surface area (Å²) in [5, 5.41) is 0. The third-order valence-electron chi connectivity index (χ3n) is 3.23. The van der Waals surface area contributed by atoms with Gasteiger partial charge in [0.15, 0.2) is 0 Å².